The molecule has 0 unspecified atom stereocenters. The van der Waals surface area contributed by atoms with E-state index in [0.717, 1.165) is 11.3 Å². The van der Waals surface area contributed by atoms with Crippen molar-refractivity contribution < 1.29 is 4.39 Å². The molecule has 0 saturated heterocycles. The average molecular weight is 308 g/mol. The van der Waals surface area contributed by atoms with Crippen molar-refractivity contribution in [3.05, 3.63) is 59.4 Å². The summed E-state index contributed by atoms with van der Waals surface area (Å²) in [6, 6.07) is 13.2. The van der Waals surface area contributed by atoms with Gasteiger partial charge >= 0.3 is 0 Å². The predicted octanol–water partition coefficient (Wildman–Crippen LogP) is 4.80. The largest absolute Gasteiger partial charge is 0.342 e. The zero-order chi connectivity index (χ0) is 13.1. The van der Waals surface area contributed by atoms with Crippen LogP contribution < -0.4 is 4.90 Å². The highest BCUT2D eigenvalue weighted by atomic mass is 79.9. The number of nitrogens with zero attached hydrogens (tertiary/aromatic N) is 1. The van der Waals surface area contributed by atoms with Crippen LogP contribution in [0.4, 0.5) is 15.8 Å². The van der Waals surface area contributed by atoms with E-state index in [4.69, 9.17) is 0 Å². The van der Waals surface area contributed by atoms with Crippen LogP contribution in [0.2, 0.25) is 0 Å². The summed E-state index contributed by atoms with van der Waals surface area (Å²) in [5, 5.41) is 0.635. The highest BCUT2D eigenvalue weighted by molar-refractivity contribution is 9.08. The van der Waals surface area contributed by atoms with E-state index in [1.54, 1.807) is 6.07 Å². The Kier molecular flexibility index (Phi) is 4.02. The molecule has 94 valence electrons. The highest BCUT2D eigenvalue weighted by Gasteiger charge is 2.13. The Morgan fingerprint density at radius 2 is 1.78 bits per heavy atom. The Morgan fingerprint density at radius 3 is 2.39 bits per heavy atom. The minimum atomic E-state index is -0.199. The molecule has 0 radical (unpaired) electrons. The van der Waals surface area contributed by atoms with E-state index in [-0.39, 0.29) is 5.82 Å². The summed E-state index contributed by atoms with van der Waals surface area (Å²) < 4.78 is 14.0. The first-order valence-electron chi connectivity index (χ1n) is 5.77. The van der Waals surface area contributed by atoms with E-state index in [9.17, 15) is 4.39 Å². The molecule has 0 N–H and O–H groups in total. The van der Waals surface area contributed by atoms with Gasteiger partial charge in [0.1, 0.15) is 5.82 Å². The van der Waals surface area contributed by atoms with Crippen LogP contribution in [-0.4, -0.2) is 7.05 Å². The number of benzene rings is 2. The van der Waals surface area contributed by atoms with Crippen molar-refractivity contribution in [3.8, 4) is 0 Å². The molecule has 0 aliphatic heterocycles. The van der Waals surface area contributed by atoms with Gasteiger partial charge in [-0.15, -0.1) is 0 Å². The van der Waals surface area contributed by atoms with E-state index in [1.165, 1.54) is 11.6 Å². The molecular formula is C15H15BrFN. The second-order valence-electron chi connectivity index (χ2n) is 4.28. The molecule has 2 aromatic rings. The first kappa shape index (κ1) is 13.1. The van der Waals surface area contributed by atoms with Crippen molar-refractivity contribution in [1.29, 1.82) is 0 Å². The van der Waals surface area contributed by atoms with Crippen LogP contribution >= 0.6 is 15.9 Å². The topological polar surface area (TPSA) is 3.24 Å². The van der Waals surface area contributed by atoms with Gasteiger partial charge in [-0.25, -0.2) is 4.39 Å². The Balaban J connectivity index is 2.45. The molecule has 0 heterocycles. The molecule has 0 atom stereocenters. The quantitative estimate of drug-likeness (QED) is 0.736. The van der Waals surface area contributed by atoms with E-state index in [0.29, 0.717) is 11.0 Å². The fourth-order valence-corrected chi connectivity index (χ4v) is 2.39. The van der Waals surface area contributed by atoms with Crippen LogP contribution in [0.3, 0.4) is 0 Å². The van der Waals surface area contributed by atoms with Gasteiger partial charge in [0.15, 0.2) is 0 Å². The van der Waals surface area contributed by atoms with E-state index in [2.05, 4.69) is 15.9 Å². The molecule has 3 heteroatoms. The minimum absolute atomic E-state index is 0.199. The standard InChI is InChI=1S/C15H15BrFN/c1-11-6-8-13(9-7-11)18(2)15-12(10-16)4-3-5-14(15)17/h3-9H,10H2,1-2H3. The molecule has 0 saturated carbocycles. The van der Waals surface area contributed by atoms with Crippen LogP contribution in [-0.2, 0) is 5.33 Å². The number of alkyl halides is 1. The summed E-state index contributed by atoms with van der Waals surface area (Å²) in [5.74, 6) is -0.199. The number of hydrogen-bond acceptors (Lipinski definition) is 1. The molecule has 0 amide bonds. The number of rotatable bonds is 3. The third-order valence-electron chi connectivity index (χ3n) is 2.97. The highest BCUT2D eigenvalue weighted by Crippen LogP contribution is 2.31. The van der Waals surface area contributed by atoms with Gasteiger partial charge in [-0.05, 0) is 30.7 Å². The maximum Gasteiger partial charge on any atom is 0.147 e. The second kappa shape index (κ2) is 5.53. The molecule has 0 fully saturated rings. The van der Waals surface area contributed by atoms with Gasteiger partial charge in [0.05, 0.1) is 5.69 Å². The molecule has 0 aromatic heterocycles. The van der Waals surface area contributed by atoms with Crippen molar-refractivity contribution >= 4 is 27.3 Å². The van der Waals surface area contributed by atoms with Crippen LogP contribution in [0.1, 0.15) is 11.1 Å². The number of hydrogen-bond donors (Lipinski definition) is 0. The number of anilines is 2. The second-order valence-corrected chi connectivity index (χ2v) is 4.84. The Morgan fingerprint density at radius 1 is 1.11 bits per heavy atom. The normalized spacial score (nSPS) is 10.4. The van der Waals surface area contributed by atoms with Gasteiger partial charge in [0.25, 0.3) is 0 Å². The van der Waals surface area contributed by atoms with Gasteiger partial charge in [0, 0.05) is 18.1 Å². The molecule has 0 aliphatic carbocycles. The maximum absolute atomic E-state index is 14.0. The monoisotopic (exact) mass is 307 g/mol. The van der Waals surface area contributed by atoms with Gasteiger partial charge in [-0.1, -0.05) is 45.8 Å². The maximum atomic E-state index is 14.0. The average Bonchev–Trinajstić information content (AvgIpc) is 2.38. The van der Waals surface area contributed by atoms with E-state index >= 15 is 0 Å². The van der Waals surface area contributed by atoms with Crippen LogP contribution in [0.5, 0.6) is 0 Å². The zero-order valence-corrected chi connectivity index (χ0v) is 12.0. The lowest BCUT2D eigenvalue weighted by Gasteiger charge is -2.22. The lowest BCUT2D eigenvalue weighted by Crippen LogP contribution is -2.13. The Hall–Kier alpha value is -1.35. The van der Waals surface area contributed by atoms with Crippen LogP contribution in [0.25, 0.3) is 0 Å². The number of para-hydroxylation sites is 1. The summed E-state index contributed by atoms with van der Waals surface area (Å²) in [4.78, 5) is 1.88. The SMILES string of the molecule is Cc1ccc(N(C)c2c(F)cccc2CBr)cc1. The molecule has 2 aromatic carbocycles. The Labute approximate surface area is 115 Å². The summed E-state index contributed by atoms with van der Waals surface area (Å²) in [5.41, 5.74) is 3.74. The van der Waals surface area contributed by atoms with Gasteiger partial charge in [-0.2, -0.15) is 0 Å². The molecular weight excluding hydrogens is 293 g/mol. The molecule has 0 spiro atoms. The first-order chi connectivity index (χ1) is 8.63. The Bertz CT molecular complexity index is 537. The fourth-order valence-electron chi connectivity index (χ4n) is 1.94. The lowest BCUT2D eigenvalue weighted by molar-refractivity contribution is 0.626. The summed E-state index contributed by atoms with van der Waals surface area (Å²) in [6.45, 7) is 2.04. The van der Waals surface area contributed by atoms with Gasteiger partial charge in [0.2, 0.25) is 0 Å². The third-order valence-corrected chi connectivity index (χ3v) is 3.58. The van der Waals surface area contributed by atoms with Crippen LogP contribution in [0.15, 0.2) is 42.5 Å². The fraction of sp³-hybridized carbons (Fsp3) is 0.200. The van der Waals surface area contributed by atoms with Gasteiger partial charge < -0.3 is 4.90 Å². The van der Waals surface area contributed by atoms with Crippen molar-refractivity contribution in [1.82, 2.24) is 0 Å². The number of aryl methyl sites for hydroxylation is 1. The predicted molar refractivity (Wildman–Crippen MR) is 78.3 cm³/mol. The summed E-state index contributed by atoms with van der Waals surface area (Å²) >= 11 is 3.40. The molecule has 18 heavy (non-hydrogen) atoms. The molecule has 0 bridgehead atoms. The minimum Gasteiger partial charge on any atom is -0.342 e. The van der Waals surface area contributed by atoms with Crippen molar-refractivity contribution in [2.75, 3.05) is 11.9 Å². The van der Waals surface area contributed by atoms with E-state index < -0.39 is 0 Å². The molecule has 1 nitrogen and oxygen atoms in total. The van der Waals surface area contributed by atoms with Crippen molar-refractivity contribution in [2.45, 2.75) is 12.3 Å². The first-order valence-corrected chi connectivity index (χ1v) is 6.89. The van der Waals surface area contributed by atoms with E-state index in [1.807, 2.05) is 49.2 Å². The third kappa shape index (κ3) is 2.56. The van der Waals surface area contributed by atoms with Gasteiger partial charge in [-0.3, -0.25) is 0 Å². The molecule has 2 rings (SSSR count). The number of halogens is 2. The summed E-state index contributed by atoms with van der Waals surface area (Å²) in [6.07, 6.45) is 0. The zero-order valence-electron chi connectivity index (χ0n) is 10.5. The molecule has 0 aliphatic rings. The van der Waals surface area contributed by atoms with Crippen molar-refractivity contribution in [2.24, 2.45) is 0 Å². The summed E-state index contributed by atoms with van der Waals surface area (Å²) in [7, 11) is 1.88. The van der Waals surface area contributed by atoms with Crippen LogP contribution in [0, 0.1) is 12.7 Å². The van der Waals surface area contributed by atoms with Crippen molar-refractivity contribution in [3.63, 3.8) is 0 Å². The smallest absolute Gasteiger partial charge is 0.147 e. The lowest BCUT2D eigenvalue weighted by atomic mass is 10.1.